The largest absolute Gasteiger partial charge is 0.457 e. The molecule has 9 heteroatoms. The van der Waals surface area contributed by atoms with Gasteiger partial charge in [0.15, 0.2) is 0 Å². The molecule has 0 unspecified atom stereocenters. The van der Waals surface area contributed by atoms with Crippen molar-refractivity contribution in [1.82, 2.24) is 9.78 Å². The highest BCUT2D eigenvalue weighted by Gasteiger charge is 2.19. The van der Waals surface area contributed by atoms with E-state index in [0.29, 0.717) is 27.7 Å². The predicted molar refractivity (Wildman–Crippen MR) is 105 cm³/mol. The second-order valence-electron chi connectivity index (χ2n) is 6.15. The van der Waals surface area contributed by atoms with Crippen molar-refractivity contribution in [1.29, 1.82) is 0 Å². The molecule has 1 heterocycles. The van der Waals surface area contributed by atoms with Crippen LogP contribution in [0, 0.1) is 24.0 Å². The van der Waals surface area contributed by atoms with E-state index < -0.39 is 10.8 Å². The van der Waals surface area contributed by atoms with Gasteiger partial charge in [0.05, 0.1) is 27.9 Å². The summed E-state index contributed by atoms with van der Waals surface area (Å²) in [5.41, 5.74) is 1.72. The number of hydrogen-bond donors (Lipinski definition) is 1. The van der Waals surface area contributed by atoms with E-state index in [4.69, 9.17) is 16.3 Å². The number of carbonyl (C=O) groups is 1. The molecule has 8 nitrogen and oxygen atoms in total. The Kier molecular flexibility index (Phi) is 5.32. The zero-order chi connectivity index (χ0) is 20.4. The van der Waals surface area contributed by atoms with Crippen molar-refractivity contribution in [3.05, 3.63) is 74.6 Å². The average molecular weight is 401 g/mol. The monoisotopic (exact) mass is 400 g/mol. The number of nitrogens with one attached hydrogen (secondary N) is 1. The summed E-state index contributed by atoms with van der Waals surface area (Å²) >= 11 is 5.85. The molecule has 1 amide bonds. The molecular formula is C19H17ClN4O4. The minimum atomic E-state index is -0.551. The summed E-state index contributed by atoms with van der Waals surface area (Å²) in [5, 5.41) is 18.7. The SMILES string of the molecule is Cc1nn(C)c(C)c1C(=O)Nc1cc(Oc2ccc(Cl)cc2)cc([N+](=O)[O-])c1. The summed E-state index contributed by atoms with van der Waals surface area (Å²) in [6.07, 6.45) is 0. The Balaban J connectivity index is 1.91. The van der Waals surface area contributed by atoms with Crippen LogP contribution >= 0.6 is 11.6 Å². The molecule has 0 fully saturated rings. The van der Waals surface area contributed by atoms with E-state index >= 15 is 0 Å². The molecule has 0 aliphatic rings. The molecule has 0 aliphatic carbocycles. The summed E-state index contributed by atoms with van der Waals surface area (Å²) < 4.78 is 7.28. The molecule has 0 aliphatic heterocycles. The third-order valence-corrected chi connectivity index (χ3v) is 4.40. The predicted octanol–water partition coefficient (Wildman–Crippen LogP) is 4.64. The van der Waals surface area contributed by atoms with E-state index in [1.54, 1.807) is 49.8 Å². The molecule has 3 rings (SSSR count). The number of carbonyl (C=O) groups excluding carboxylic acids is 1. The number of non-ortho nitro benzene ring substituents is 1. The van der Waals surface area contributed by atoms with Gasteiger partial charge in [-0.1, -0.05) is 11.6 Å². The number of hydrogen-bond acceptors (Lipinski definition) is 5. The lowest BCUT2D eigenvalue weighted by atomic mass is 10.1. The Morgan fingerprint density at radius 3 is 2.43 bits per heavy atom. The van der Waals surface area contributed by atoms with Crippen LogP contribution in [0.25, 0.3) is 0 Å². The van der Waals surface area contributed by atoms with Gasteiger partial charge in [0, 0.05) is 29.9 Å². The van der Waals surface area contributed by atoms with Crippen LogP contribution in [-0.4, -0.2) is 20.6 Å². The van der Waals surface area contributed by atoms with E-state index in [2.05, 4.69) is 10.4 Å². The maximum atomic E-state index is 12.7. The number of rotatable bonds is 5. The van der Waals surface area contributed by atoms with E-state index in [1.165, 1.54) is 18.2 Å². The van der Waals surface area contributed by atoms with E-state index in [1.807, 2.05) is 0 Å². The fourth-order valence-electron chi connectivity index (χ4n) is 2.75. The Bertz CT molecular complexity index is 1060. The average Bonchev–Trinajstić information content (AvgIpc) is 2.88. The number of nitro benzene ring substituents is 1. The summed E-state index contributed by atoms with van der Waals surface area (Å²) in [5.74, 6) is 0.272. The van der Waals surface area contributed by atoms with E-state index in [-0.39, 0.29) is 17.1 Å². The Hall–Kier alpha value is -3.39. The number of aromatic nitrogens is 2. The normalized spacial score (nSPS) is 10.6. The molecule has 1 N–H and O–H groups in total. The molecule has 1 aromatic heterocycles. The van der Waals surface area contributed by atoms with Gasteiger partial charge in [0.2, 0.25) is 0 Å². The second-order valence-corrected chi connectivity index (χ2v) is 6.59. The van der Waals surface area contributed by atoms with Crippen molar-refractivity contribution in [3.8, 4) is 11.5 Å². The number of halogens is 1. The number of ether oxygens (including phenoxy) is 1. The Morgan fingerprint density at radius 2 is 1.86 bits per heavy atom. The van der Waals surface area contributed by atoms with Gasteiger partial charge in [0.1, 0.15) is 11.5 Å². The van der Waals surface area contributed by atoms with Crippen molar-refractivity contribution in [2.24, 2.45) is 7.05 Å². The molecule has 0 saturated heterocycles. The quantitative estimate of drug-likeness (QED) is 0.496. The van der Waals surface area contributed by atoms with E-state index in [9.17, 15) is 14.9 Å². The van der Waals surface area contributed by atoms with Gasteiger partial charge in [-0.2, -0.15) is 5.10 Å². The molecule has 0 atom stereocenters. The Morgan fingerprint density at radius 1 is 1.18 bits per heavy atom. The van der Waals surface area contributed by atoms with Crippen molar-refractivity contribution in [2.45, 2.75) is 13.8 Å². The first-order valence-corrected chi connectivity index (χ1v) is 8.67. The van der Waals surface area contributed by atoms with Crippen LogP contribution in [0.5, 0.6) is 11.5 Å². The van der Waals surface area contributed by atoms with Crippen LogP contribution in [0.2, 0.25) is 5.02 Å². The standard InChI is InChI=1S/C19H17ClN4O4/c1-11-18(12(2)23(3)22-11)19(25)21-14-8-15(24(26)27)10-17(9-14)28-16-6-4-13(20)5-7-16/h4-10H,1-3H3,(H,21,25). The maximum absolute atomic E-state index is 12.7. The number of anilines is 1. The van der Waals surface area contributed by atoms with Crippen molar-refractivity contribution >= 4 is 28.9 Å². The molecule has 0 spiro atoms. The van der Waals surface area contributed by atoms with Gasteiger partial charge in [-0.25, -0.2) is 0 Å². The fourth-order valence-corrected chi connectivity index (χ4v) is 2.88. The highest BCUT2D eigenvalue weighted by molar-refractivity contribution is 6.30. The van der Waals surface area contributed by atoms with E-state index in [0.717, 1.165) is 0 Å². The van der Waals surface area contributed by atoms with Crippen LogP contribution in [0.15, 0.2) is 42.5 Å². The van der Waals surface area contributed by atoms with Gasteiger partial charge >= 0.3 is 0 Å². The van der Waals surface area contributed by atoms with Crippen LogP contribution < -0.4 is 10.1 Å². The molecule has 3 aromatic rings. The minimum absolute atomic E-state index is 0.207. The van der Waals surface area contributed by atoms with Crippen molar-refractivity contribution in [3.63, 3.8) is 0 Å². The van der Waals surface area contributed by atoms with Crippen LogP contribution in [0.3, 0.4) is 0 Å². The number of benzene rings is 2. The third-order valence-electron chi connectivity index (χ3n) is 4.15. The molecule has 0 saturated carbocycles. The first-order valence-electron chi connectivity index (χ1n) is 8.29. The lowest BCUT2D eigenvalue weighted by molar-refractivity contribution is -0.384. The summed E-state index contributed by atoms with van der Waals surface area (Å²) in [7, 11) is 1.74. The van der Waals surface area contributed by atoms with Gasteiger partial charge in [0.25, 0.3) is 11.6 Å². The molecule has 0 radical (unpaired) electrons. The topological polar surface area (TPSA) is 99.3 Å². The summed E-state index contributed by atoms with van der Waals surface area (Å²) in [4.78, 5) is 23.4. The number of nitro groups is 1. The van der Waals surface area contributed by atoms with Gasteiger partial charge in [-0.3, -0.25) is 19.6 Å². The minimum Gasteiger partial charge on any atom is -0.457 e. The maximum Gasteiger partial charge on any atom is 0.275 e. The van der Waals surface area contributed by atoms with Gasteiger partial charge in [-0.15, -0.1) is 0 Å². The second kappa shape index (κ2) is 7.69. The number of nitrogens with zero attached hydrogens (tertiary/aromatic N) is 3. The molecule has 2 aromatic carbocycles. The first kappa shape index (κ1) is 19.4. The summed E-state index contributed by atoms with van der Waals surface area (Å²) in [6.45, 7) is 3.50. The van der Waals surface area contributed by atoms with Gasteiger partial charge < -0.3 is 10.1 Å². The molecule has 28 heavy (non-hydrogen) atoms. The smallest absolute Gasteiger partial charge is 0.275 e. The van der Waals surface area contributed by atoms with Gasteiger partial charge in [-0.05, 0) is 38.1 Å². The first-order chi connectivity index (χ1) is 13.2. The lowest BCUT2D eigenvalue weighted by Gasteiger charge is -2.10. The fraction of sp³-hybridized carbons (Fsp3) is 0.158. The molecular weight excluding hydrogens is 384 g/mol. The van der Waals surface area contributed by atoms with Crippen LogP contribution in [0.1, 0.15) is 21.7 Å². The zero-order valence-electron chi connectivity index (χ0n) is 15.4. The van der Waals surface area contributed by atoms with Crippen molar-refractivity contribution < 1.29 is 14.5 Å². The highest BCUT2D eigenvalue weighted by atomic mass is 35.5. The number of aryl methyl sites for hydroxylation is 2. The number of amides is 1. The van der Waals surface area contributed by atoms with Crippen molar-refractivity contribution in [2.75, 3.05) is 5.32 Å². The highest BCUT2D eigenvalue weighted by Crippen LogP contribution is 2.30. The molecule has 144 valence electrons. The third kappa shape index (κ3) is 4.12. The Labute approximate surface area is 165 Å². The lowest BCUT2D eigenvalue weighted by Crippen LogP contribution is -2.14. The van der Waals surface area contributed by atoms with Crippen LogP contribution in [0.4, 0.5) is 11.4 Å². The molecule has 0 bridgehead atoms. The summed E-state index contributed by atoms with van der Waals surface area (Å²) in [6, 6.07) is 10.6. The zero-order valence-corrected chi connectivity index (χ0v) is 16.1. The van der Waals surface area contributed by atoms with Crippen LogP contribution in [-0.2, 0) is 7.05 Å².